The van der Waals surface area contributed by atoms with E-state index in [1.807, 2.05) is 30.3 Å². The molecule has 0 saturated carbocycles. The molecule has 1 heterocycles. The molecule has 0 atom stereocenters. The topological polar surface area (TPSA) is 50.9 Å². The number of para-hydroxylation sites is 1. The number of halogens is 1. The maximum atomic E-state index is 13.8. The van der Waals surface area contributed by atoms with E-state index in [9.17, 15) is 9.50 Å². The number of hydrogen-bond acceptors (Lipinski definition) is 3. The molecule has 0 spiro atoms. The van der Waals surface area contributed by atoms with Crippen molar-refractivity contribution in [1.29, 1.82) is 0 Å². The van der Waals surface area contributed by atoms with Gasteiger partial charge in [0.1, 0.15) is 18.2 Å². The largest absolute Gasteiger partial charge is 0.388 e. The standard InChI is InChI=1S/C16H14FN3O/c17-14-9-5-4-6-12(14)10-15-18-19-16(11-21)20(15)13-7-2-1-3-8-13/h1-9,21H,10-11H2. The van der Waals surface area contributed by atoms with Gasteiger partial charge in [-0.25, -0.2) is 4.39 Å². The van der Waals surface area contributed by atoms with Crippen molar-refractivity contribution in [3.05, 3.63) is 77.6 Å². The first-order valence-corrected chi connectivity index (χ1v) is 6.62. The number of rotatable bonds is 4. The first-order valence-electron chi connectivity index (χ1n) is 6.62. The molecule has 1 N–H and O–H groups in total. The maximum Gasteiger partial charge on any atom is 0.163 e. The Morgan fingerprint density at radius 1 is 0.905 bits per heavy atom. The smallest absolute Gasteiger partial charge is 0.163 e. The third-order valence-electron chi connectivity index (χ3n) is 3.26. The van der Waals surface area contributed by atoms with E-state index in [1.165, 1.54) is 6.07 Å². The second-order valence-corrected chi connectivity index (χ2v) is 4.63. The maximum absolute atomic E-state index is 13.8. The molecule has 0 bridgehead atoms. The van der Waals surface area contributed by atoms with E-state index in [0.29, 0.717) is 23.6 Å². The Labute approximate surface area is 121 Å². The fraction of sp³-hybridized carbons (Fsp3) is 0.125. The van der Waals surface area contributed by atoms with Crippen LogP contribution in [0.15, 0.2) is 54.6 Å². The van der Waals surface area contributed by atoms with Crippen LogP contribution in [0.3, 0.4) is 0 Å². The first kappa shape index (κ1) is 13.5. The van der Waals surface area contributed by atoms with Gasteiger partial charge in [0.05, 0.1) is 0 Å². The number of benzene rings is 2. The second kappa shape index (κ2) is 5.85. The van der Waals surface area contributed by atoms with Gasteiger partial charge in [0, 0.05) is 12.1 Å². The summed E-state index contributed by atoms with van der Waals surface area (Å²) in [5, 5.41) is 17.5. The molecule has 4 nitrogen and oxygen atoms in total. The summed E-state index contributed by atoms with van der Waals surface area (Å²) in [4.78, 5) is 0. The summed E-state index contributed by atoms with van der Waals surface area (Å²) < 4.78 is 15.5. The van der Waals surface area contributed by atoms with E-state index >= 15 is 0 Å². The molecule has 21 heavy (non-hydrogen) atoms. The Bertz CT molecular complexity index is 740. The van der Waals surface area contributed by atoms with Gasteiger partial charge in [-0.1, -0.05) is 36.4 Å². The summed E-state index contributed by atoms with van der Waals surface area (Å²) in [6, 6.07) is 16.1. The van der Waals surface area contributed by atoms with Crippen LogP contribution in [-0.4, -0.2) is 19.9 Å². The van der Waals surface area contributed by atoms with E-state index in [2.05, 4.69) is 10.2 Å². The predicted molar refractivity (Wildman–Crippen MR) is 76.5 cm³/mol. The van der Waals surface area contributed by atoms with E-state index in [-0.39, 0.29) is 12.4 Å². The van der Waals surface area contributed by atoms with Crippen LogP contribution in [0.1, 0.15) is 17.2 Å². The van der Waals surface area contributed by atoms with Gasteiger partial charge in [-0.05, 0) is 23.8 Å². The van der Waals surface area contributed by atoms with Gasteiger partial charge >= 0.3 is 0 Å². The molecular weight excluding hydrogens is 269 g/mol. The lowest BCUT2D eigenvalue weighted by atomic mass is 10.1. The number of aliphatic hydroxyl groups is 1. The van der Waals surface area contributed by atoms with Gasteiger partial charge < -0.3 is 5.11 Å². The van der Waals surface area contributed by atoms with Crippen LogP contribution in [0.5, 0.6) is 0 Å². The lowest BCUT2D eigenvalue weighted by molar-refractivity contribution is 0.268. The van der Waals surface area contributed by atoms with Gasteiger partial charge in [0.25, 0.3) is 0 Å². The molecular formula is C16H14FN3O. The van der Waals surface area contributed by atoms with Crippen LogP contribution < -0.4 is 0 Å². The Balaban J connectivity index is 2.04. The van der Waals surface area contributed by atoms with E-state index < -0.39 is 0 Å². The highest BCUT2D eigenvalue weighted by Gasteiger charge is 2.14. The number of nitrogens with zero attached hydrogens (tertiary/aromatic N) is 3. The van der Waals surface area contributed by atoms with Crippen molar-refractivity contribution in [2.24, 2.45) is 0 Å². The zero-order valence-electron chi connectivity index (χ0n) is 11.3. The number of aromatic nitrogens is 3. The van der Waals surface area contributed by atoms with Gasteiger partial charge in [-0.15, -0.1) is 10.2 Å². The average Bonchev–Trinajstić information content (AvgIpc) is 2.93. The number of aliphatic hydroxyl groups excluding tert-OH is 1. The van der Waals surface area contributed by atoms with Crippen LogP contribution in [0, 0.1) is 5.82 Å². The Morgan fingerprint density at radius 2 is 1.57 bits per heavy atom. The Hall–Kier alpha value is -2.53. The zero-order chi connectivity index (χ0) is 14.7. The van der Waals surface area contributed by atoms with Gasteiger partial charge in [0.15, 0.2) is 5.82 Å². The highest BCUT2D eigenvalue weighted by Crippen LogP contribution is 2.17. The summed E-state index contributed by atoms with van der Waals surface area (Å²) in [6.45, 7) is -0.223. The van der Waals surface area contributed by atoms with Crippen molar-refractivity contribution in [2.75, 3.05) is 0 Å². The fourth-order valence-corrected chi connectivity index (χ4v) is 2.26. The minimum Gasteiger partial charge on any atom is -0.388 e. The van der Waals surface area contributed by atoms with Gasteiger partial charge in [0.2, 0.25) is 0 Å². The molecule has 5 heteroatoms. The summed E-state index contributed by atoms with van der Waals surface area (Å²) in [7, 11) is 0. The summed E-state index contributed by atoms with van der Waals surface area (Å²) in [5.74, 6) is 0.758. The molecule has 0 fully saturated rings. The zero-order valence-corrected chi connectivity index (χ0v) is 11.3. The van der Waals surface area contributed by atoms with Crippen LogP contribution in [-0.2, 0) is 13.0 Å². The van der Waals surface area contributed by atoms with Crippen molar-refractivity contribution in [3.63, 3.8) is 0 Å². The Morgan fingerprint density at radius 3 is 2.29 bits per heavy atom. The summed E-state index contributed by atoms with van der Waals surface area (Å²) >= 11 is 0. The molecule has 106 valence electrons. The van der Waals surface area contributed by atoms with Crippen molar-refractivity contribution in [1.82, 2.24) is 14.8 Å². The van der Waals surface area contributed by atoms with Gasteiger partial charge in [-0.2, -0.15) is 0 Å². The SMILES string of the molecule is OCc1nnc(Cc2ccccc2F)n1-c1ccccc1. The van der Waals surface area contributed by atoms with Crippen LogP contribution in [0.25, 0.3) is 5.69 Å². The summed E-state index contributed by atoms with van der Waals surface area (Å²) in [5.41, 5.74) is 1.39. The average molecular weight is 283 g/mol. The lowest BCUT2D eigenvalue weighted by Crippen LogP contribution is -2.06. The molecule has 3 aromatic rings. The van der Waals surface area contributed by atoms with Crippen molar-refractivity contribution >= 4 is 0 Å². The first-order chi connectivity index (χ1) is 10.3. The fourth-order valence-electron chi connectivity index (χ4n) is 2.26. The second-order valence-electron chi connectivity index (χ2n) is 4.63. The Kier molecular flexibility index (Phi) is 3.75. The van der Waals surface area contributed by atoms with Crippen LogP contribution >= 0.6 is 0 Å². The molecule has 0 aliphatic heterocycles. The monoisotopic (exact) mass is 283 g/mol. The van der Waals surface area contributed by atoms with E-state index in [1.54, 1.807) is 22.8 Å². The van der Waals surface area contributed by atoms with E-state index in [4.69, 9.17) is 0 Å². The third kappa shape index (κ3) is 2.68. The third-order valence-corrected chi connectivity index (χ3v) is 3.26. The van der Waals surface area contributed by atoms with Crippen molar-refractivity contribution in [3.8, 4) is 5.69 Å². The van der Waals surface area contributed by atoms with Crippen LogP contribution in [0.2, 0.25) is 0 Å². The minimum atomic E-state index is -0.273. The highest BCUT2D eigenvalue weighted by molar-refractivity contribution is 5.35. The lowest BCUT2D eigenvalue weighted by Gasteiger charge is -2.09. The molecule has 0 unspecified atom stereocenters. The molecule has 0 saturated heterocycles. The number of hydrogen-bond donors (Lipinski definition) is 1. The predicted octanol–water partition coefficient (Wildman–Crippen LogP) is 2.49. The summed E-state index contributed by atoms with van der Waals surface area (Å²) in [6.07, 6.45) is 0.314. The molecule has 2 aromatic carbocycles. The normalized spacial score (nSPS) is 10.8. The molecule has 1 aromatic heterocycles. The van der Waals surface area contributed by atoms with Crippen molar-refractivity contribution in [2.45, 2.75) is 13.0 Å². The molecule has 0 aliphatic rings. The van der Waals surface area contributed by atoms with E-state index in [0.717, 1.165) is 5.69 Å². The quantitative estimate of drug-likeness (QED) is 0.800. The molecule has 0 amide bonds. The van der Waals surface area contributed by atoms with Crippen LogP contribution in [0.4, 0.5) is 4.39 Å². The molecule has 0 aliphatic carbocycles. The molecule has 0 radical (unpaired) electrons. The van der Waals surface area contributed by atoms with Gasteiger partial charge in [-0.3, -0.25) is 4.57 Å². The highest BCUT2D eigenvalue weighted by atomic mass is 19.1. The van der Waals surface area contributed by atoms with Crippen molar-refractivity contribution < 1.29 is 9.50 Å². The molecule has 3 rings (SSSR count). The minimum absolute atomic E-state index is 0.223.